The molecule has 0 heterocycles. The van der Waals surface area contributed by atoms with Crippen molar-refractivity contribution in [2.75, 3.05) is 66.1 Å². The number of aliphatic hydroxyl groups excluding tert-OH is 2. The van der Waals surface area contributed by atoms with E-state index in [2.05, 4.69) is 17.9 Å². The molecule has 0 aromatic heterocycles. The molecule has 0 amide bonds. The molecule has 0 aliphatic carbocycles. The van der Waals surface area contributed by atoms with Gasteiger partial charge in [-0.2, -0.15) is 0 Å². The molecule has 0 aromatic rings. The third-order valence-corrected chi connectivity index (χ3v) is 2.06. The molecule has 8 heteroatoms. The second kappa shape index (κ2) is 20.6. The maximum Gasteiger partial charge on any atom is 0.508 e. The molecule has 0 fully saturated rings. The molecule has 8 nitrogen and oxygen atoms in total. The van der Waals surface area contributed by atoms with Crippen molar-refractivity contribution < 1.29 is 38.7 Å². The highest BCUT2D eigenvalue weighted by molar-refractivity contribution is 5.59. The van der Waals surface area contributed by atoms with Gasteiger partial charge in [0.05, 0.1) is 52.9 Å². The Kier molecular flexibility index (Phi) is 21.2. The molecular formula is C17H32O8. The highest BCUT2D eigenvalue weighted by atomic mass is 16.7. The zero-order chi connectivity index (χ0) is 19.3. The molecule has 2 N–H and O–H groups in total. The average molecular weight is 364 g/mol. The van der Waals surface area contributed by atoms with Crippen LogP contribution in [-0.4, -0.2) is 82.4 Å². The summed E-state index contributed by atoms with van der Waals surface area (Å²) < 4.78 is 24.5. The molecule has 25 heavy (non-hydrogen) atoms. The Hall–Kier alpha value is -1.45. The molecule has 0 radical (unpaired) electrons. The SMILES string of the molecule is C=C(C)COCCOC(=O)OCCOCC(=C)C.OCCOCCO. The maximum atomic E-state index is 11.0. The zero-order valence-electron chi connectivity index (χ0n) is 15.3. The second-order valence-corrected chi connectivity index (χ2v) is 5.03. The molecule has 148 valence electrons. The van der Waals surface area contributed by atoms with Gasteiger partial charge in [-0.25, -0.2) is 4.79 Å². The molecule has 0 saturated heterocycles. The van der Waals surface area contributed by atoms with Crippen molar-refractivity contribution in [3.63, 3.8) is 0 Å². The number of rotatable bonds is 14. The van der Waals surface area contributed by atoms with E-state index in [1.165, 1.54) is 0 Å². The summed E-state index contributed by atoms with van der Waals surface area (Å²) >= 11 is 0. The largest absolute Gasteiger partial charge is 0.508 e. The van der Waals surface area contributed by atoms with E-state index < -0.39 is 6.16 Å². The van der Waals surface area contributed by atoms with Crippen LogP contribution in [0, 0.1) is 0 Å². The van der Waals surface area contributed by atoms with E-state index in [1.807, 2.05) is 13.8 Å². The van der Waals surface area contributed by atoms with E-state index in [4.69, 9.17) is 29.2 Å². The van der Waals surface area contributed by atoms with Crippen LogP contribution in [0.2, 0.25) is 0 Å². The minimum atomic E-state index is -0.715. The van der Waals surface area contributed by atoms with E-state index in [1.54, 1.807) is 0 Å². The Bertz CT molecular complexity index is 314. The summed E-state index contributed by atoms with van der Waals surface area (Å²) in [7, 11) is 0. The van der Waals surface area contributed by atoms with E-state index >= 15 is 0 Å². The van der Waals surface area contributed by atoms with Gasteiger partial charge in [0.15, 0.2) is 0 Å². The van der Waals surface area contributed by atoms with Crippen molar-refractivity contribution in [1.29, 1.82) is 0 Å². The highest BCUT2D eigenvalue weighted by Gasteiger charge is 2.03. The van der Waals surface area contributed by atoms with Gasteiger partial charge in [0.25, 0.3) is 0 Å². The first-order valence-corrected chi connectivity index (χ1v) is 7.97. The molecule has 0 spiro atoms. The average Bonchev–Trinajstić information content (AvgIpc) is 2.55. The van der Waals surface area contributed by atoms with Gasteiger partial charge in [0.1, 0.15) is 13.2 Å². The van der Waals surface area contributed by atoms with Gasteiger partial charge in [-0.05, 0) is 13.8 Å². The minimum absolute atomic E-state index is 0.0278. The number of hydrogen-bond donors (Lipinski definition) is 2. The van der Waals surface area contributed by atoms with Crippen molar-refractivity contribution in [2.24, 2.45) is 0 Å². The molecule has 0 unspecified atom stereocenters. The van der Waals surface area contributed by atoms with Crippen molar-refractivity contribution in [3.05, 3.63) is 24.3 Å². The number of hydrogen-bond acceptors (Lipinski definition) is 8. The zero-order valence-corrected chi connectivity index (χ0v) is 15.3. The topological polar surface area (TPSA) is 104 Å². The van der Waals surface area contributed by atoms with Crippen molar-refractivity contribution in [3.8, 4) is 0 Å². The van der Waals surface area contributed by atoms with Gasteiger partial charge in [-0.1, -0.05) is 24.3 Å². The van der Waals surface area contributed by atoms with Crippen LogP contribution < -0.4 is 0 Å². The van der Waals surface area contributed by atoms with Crippen LogP contribution in [0.15, 0.2) is 24.3 Å². The van der Waals surface area contributed by atoms with Gasteiger partial charge < -0.3 is 33.9 Å². The van der Waals surface area contributed by atoms with E-state index in [0.29, 0.717) is 39.6 Å². The smallest absolute Gasteiger partial charge is 0.432 e. The Morgan fingerprint density at radius 2 is 1.12 bits per heavy atom. The number of ether oxygens (including phenoxy) is 5. The predicted molar refractivity (Wildman–Crippen MR) is 93.6 cm³/mol. The van der Waals surface area contributed by atoms with Crippen LogP contribution >= 0.6 is 0 Å². The van der Waals surface area contributed by atoms with Crippen molar-refractivity contribution >= 4 is 6.16 Å². The summed E-state index contributed by atoms with van der Waals surface area (Å²) in [5, 5.41) is 16.2. The van der Waals surface area contributed by atoms with Crippen LogP contribution in [0.4, 0.5) is 4.79 Å². The van der Waals surface area contributed by atoms with Crippen molar-refractivity contribution in [2.45, 2.75) is 13.8 Å². The minimum Gasteiger partial charge on any atom is -0.432 e. The van der Waals surface area contributed by atoms with E-state index in [0.717, 1.165) is 11.1 Å². The molecule has 0 aliphatic heterocycles. The van der Waals surface area contributed by atoms with E-state index in [-0.39, 0.29) is 26.4 Å². The van der Waals surface area contributed by atoms with E-state index in [9.17, 15) is 4.79 Å². The number of carbonyl (C=O) groups excluding carboxylic acids is 1. The van der Waals surface area contributed by atoms with Gasteiger partial charge in [0.2, 0.25) is 0 Å². The fraction of sp³-hybridized carbons (Fsp3) is 0.706. The Balaban J connectivity index is 0. The lowest BCUT2D eigenvalue weighted by atomic mass is 10.4. The second-order valence-electron chi connectivity index (χ2n) is 5.03. The Labute approximate surface area is 150 Å². The Morgan fingerprint density at radius 3 is 1.44 bits per heavy atom. The quantitative estimate of drug-likeness (QED) is 0.270. The molecule has 0 bridgehead atoms. The monoisotopic (exact) mass is 364 g/mol. The summed E-state index contributed by atoms with van der Waals surface area (Å²) in [6.07, 6.45) is -0.715. The van der Waals surface area contributed by atoms with Crippen LogP contribution in [0.3, 0.4) is 0 Å². The molecule has 0 atom stereocenters. The fourth-order valence-corrected chi connectivity index (χ4v) is 1.13. The number of aliphatic hydroxyl groups is 2. The van der Waals surface area contributed by atoms with Crippen LogP contribution in [0.25, 0.3) is 0 Å². The van der Waals surface area contributed by atoms with Gasteiger partial charge in [-0.3, -0.25) is 0 Å². The van der Waals surface area contributed by atoms with Crippen molar-refractivity contribution in [1.82, 2.24) is 0 Å². The van der Waals surface area contributed by atoms with Gasteiger partial charge in [0, 0.05) is 0 Å². The molecule has 0 saturated carbocycles. The first-order chi connectivity index (χ1) is 11.9. The summed E-state index contributed by atoms with van der Waals surface area (Å²) in [5.74, 6) is 0. The lowest BCUT2D eigenvalue weighted by molar-refractivity contribution is 0.0156. The maximum absolute atomic E-state index is 11.0. The number of carbonyl (C=O) groups is 1. The third kappa shape index (κ3) is 27.7. The molecule has 0 rings (SSSR count). The normalized spacial score (nSPS) is 9.76. The predicted octanol–water partition coefficient (Wildman–Crippen LogP) is 1.31. The van der Waals surface area contributed by atoms with Gasteiger partial charge in [-0.15, -0.1) is 0 Å². The molecule has 0 aliphatic rings. The lowest BCUT2D eigenvalue weighted by Gasteiger charge is -2.07. The first-order valence-electron chi connectivity index (χ1n) is 7.97. The lowest BCUT2D eigenvalue weighted by Crippen LogP contribution is -2.15. The fourth-order valence-electron chi connectivity index (χ4n) is 1.13. The molecular weight excluding hydrogens is 332 g/mol. The summed E-state index contributed by atoms with van der Waals surface area (Å²) in [6.45, 7) is 13.7. The van der Waals surface area contributed by atoms with Crippen LogP contribution in [0.5, 0.6) is 0 Å². The van der Waals surface area contributed by atoms with Crippen LogP contribution in [-0.2, 0) is 23.7 Å². The molecule has 0 aromatic carbocycles. The van der Waals surface area contributed by atoms with Crippen LogP contribution in [0.1, 0.15) is 13.8 Å². The Morgan fingerprint density at radius 1 is 0.720 bits per heavy atom. The first kappa shape index (κ1) is 25.8. The third-order valence-electron chi connectivity index (χ3n) is 2.06. The standard InChI is InChI=1S/C13H22O5.C4H10O3/c1-11(2)9-15-5-7-17-13(14)18-8-6-16-10-12(3)4;5-1-3-7-4-2-6/h1,3,5-10H2,2,4H3;5-6H,1-4H2. The highest BCUT2D eigenvalue weighted by Crippen LogP contribution is 1.91. The van der Waals surface area contributed by atoms with Gasteiger partial charge >= 0.3 is 6.16 Å². The summed E-state index contributed by atoms with van der Waals surface area (Å²) in [5.41, 5.74) is 1.85. The summed E-state index contributed by atoms with van der Waals surface area (Å²) in [6, 6.07) is 0. The summed E-state index contributed by atoms with van der Waals surface area (Å²) in [4.78, 5) is 11.0.